The van der Waals surface area contributed by atoms with Gasteiger partial charge in [-0.1, -0.05) is 41.7 Å². The van der Waals surface area contributed by atoms with E-state index < -0.39 is 5.60 Å². The van der Waals surface area contributed by atoms with Gasteiger partial charge < -0.3 is 10.8 Å². The van der Waals surface area contributed by atoms with Crippen molar-refractivity contribution in [1.29, 1.82) is 0 Å². The third-order valence-corrected chi connectivity index (χ3v) is 3.38. The molecule has 0 saturated heterocycles. The van der Waals surface area contributed by atoms with Crippen LogP contribution in [0.5, 0.6) is 0 Å². The van der Waals surface area contributed by atoms with Crippen LogP contribution in [0.2, 0.25) is 0 Å². The number of anilines is 1. The third-order valence-electron chi connectivity index (χ3n) is 2.34. The van der Waals surface area contributed by atoms with E-state index >= 15 is 0 Å². The number of thiazole rings is 1. The van der Waals surface area contributed by atoms with Crippen LogP contribution in [0.1, 0.15) is 17.4 Å². The first kappa shape index (κ1) is 10.1. The Bertz CT molecular complexity index is 451. The predicted octanol–water partition coefficient (Wildman–Crippen LogP) is 1.98. The molecule has 78 valence electrons. The van der Waals surface area contributed by atoms with E-state index in [4.69, 9.17) is 5.73 Å². The van der Waals surface area contributed by atoms with E-state index in [1.165, 1.54) is 11.3 Å². The molecule has 1 aromatic heterocycles. The number of aliphatic hydroxyl groups is 1. The molecule has 0 aliphatic carbocycles. The molecular weight excluding hydrogens is 208 g/mol. The first-order chi connectivity index (χ1) is 7.10. The molecular formula is C11H12N2OS. The number of hydrogen-bond acceptors (Lipinski definition) is 4. The summed E-state index contributed by atoms with van der Waals surface area (Å²) in [6, 6.07) is 9.48. The Morgan fingerprint density at radius 1 is 1.33 bits per heavy atom. The molecule has 0 spiro atoms. The van der Waals surface area contributed by atoms with E-state index in [1.54, 1.807) is 13.1 Å². The lowest BCUT2D eigenvalue weighted by Crippen LogP contribution is -2.21. The molecule has 0 amide bonds. The van der Waals surface area contributed by atoms with Crippen LogP contribution in [-0.4, -0.2) is 10.1 Å². The van der Waals surface area contributed by atoms with Crippen molar-refractivity contribution >= 4 is 16.5 Å². The van der Waals surface area contributed by atoms with Gasteiger partial charge in [-0.15, -0.1) is 0 Å². The molecule has 3 nitrogen and oxygen atoms in total. The summed E-state index contributed by atoms with van der Waals surface area (Å²) in [6.45, 7) is 1.75. The highest BCUT2D eigenvalue weighted by atomic mass is 32.1. The van der Waals surface area contributed by atoms with Crippen LogP contribution in [0.25, 0.3) is 0 Å². The average molecular weight is 220 g/mol. The zero-order chi connectivity index (χ0) is 10.9. The second kappa shape index (κ2) is 3.64. The van der Waals surface area contributed by atoms with Gasteiger partial charge in [0, 0.05) is 6.20 Å². The van der Waals surface area contributed by atoms with Crippen LogP contribution in [-0.2, 0) is 5.60 Å². The minimum absolute atomic E-state index is 0.473. The number of hydrogen-bond donors (Lipinski definition) is 2. The lowest BCUT2D eigenvalue weighted by atomic mass is 9.95. The van der Waals surface area contributed by atoms with Crippen molar-refractivity contribution in [3.05, 3.63) is 47.0 Å². The standard InChI is InChI=1S/C11H12N2OS/c1-11(14,8-5-3-2-4-6-8)9-7-13-10(12)15-9/h2-7,14H,1H3,(H2,12,13). The second-order valence-corrected chi connectivity index (χ2v) is 4.56. The summed E-state index contributed by atoms with van der Waals surface area (Å²) >= 11 is 1.31. The Kier molecular flexibility index (Phi) is 2.46. The maximum absolute atomic E-state index is 10.4. The second-order valence-electron chi connectivity index (χ2n) is 3.50. The summed E-state index contributed by atoms with van der Waals surface area (Å²) in [5.41, 5.74) is 5.37. The molecule has 0 saturated carbocycles. The van der Waals surface area contributed by atoms with Gasteiger partial charge in [0.25, 0.3) is 0 Å². The summed E-state index contributed by atoms with van der Waals surface area (Å²) in [5, 5.41) is 10.9. The van der Waals surface area contributed by atoms with Crippen LogP contribution in [0.4, 0.5) is 5.13 Å². The third kappa shape index (κ3) is 1.86. The highest BCUT2D eigenvalue weighted by Crippen LogP contribution is 2.33. The fraction of sp³-hybridized carbons (Fsp3) is 0.182. The van der Waals surface area contributed by atoms with E-state index in [2.05, 4.69) is 4.98 Å². The summed E-state index contributed by atoms with van der Waals surface area (Å²) < 4.78 is 0. The molecule has 2 rings (SSSR count). The van der Waals surface area contributed by atoms with Gasteiger partial charge in [0.1, 0.15) is 5.60 Å². The van der Waals surface area contributed by atoms with Crippen LogP contribution >= 0.6 is 11.3 Å². The Balaban J connectivity index is 2.43. The molecule has 0 fully saturated rings. The average Bonchev–Trinajstić information content (AvgIpc) is 2.67. The minimum atomic E-state index is -1.02. The van der Waals surface area contributed by atoms with Crippen molar-refractivity contribution in [2.75, 3.05) is 5.73 Å². The van der Waals surface area contributed by atoms with Crippen molar-refractivity contribution in [3.8, 4) is 0 Å². The number of nitrogens with two attached hydrogens (primary N) is 1. The van der Waals surface area contributed by atoms with Crippen LogP contribution in [0, 0.1) is 0 Å². The smallest absolute Gasteiger partial charge is 0.180 e. The molecule has 0 radical (unpaired) electrons. The summed E-state index contributed by atoms with van der Waals surface area (Å²) in [7, 11) is 0. The van der Waals surface area contributed by atoms with E-state index in [0.717, 1.165) is 10.4 Å². The Hall–Kier alpha value is -1.39. The van der Waals surface area contributed by atoms with Crippen molar-refractivity contribution < 1.29 is 5.11 Å². The maximum Gasteiger partial charge on any atom is 0.180 e. The zero-order valence-electron chi connectivity index (χ0n) is 8.34. The van der Waals surface area contributed by atoms with Crippen molar-refractivity contribution in [3.63, 3.8) is 0 Å². The Morgan fingerprint density at radius 3 is 2.53 bits per heavy atom. The van der Waals surface area contributed by atoms with E-state index in [1.807, 2.05) is 30.3 Å². The maximum atomic E-state index is 10.4. The molecule has 4 heteroatoms. The molecule has 1 aromatic carbocycles. The first-order valence-corrected chi connectivity index (χ1v) is 5.42. The largest absolute Gasteiger partial charge is 0.380 e. The van der Waals surface area contributed by atoms with Gasteiger partial charge in [-0.05, 0) is 12.5 Å². The molecule has 0 aliphatic heterocycles. The summed E-state index contributed by atoms with van der Waals surface area (Å²) in [5.74, 6) is 0. The van der Waals surface area contributed by atoms with Crippen LogP contribution < -0.4 is 5.73 Å². The number of aromatic nitrogens is 1. The fourth-order valence-corrected chi connectivity index (χ4v) is 2.17. The number of benzene rings is 1. The molecule has 2 aromatic rings. The monoisotopic (exact) mass is 220 g/mol. The van der Waals surface area contributed by atoms with Gasteiger partial charge in [-0.2, -0.15) is 0 Å². The highest BCUT2D eigenvalue weighted by Gasteiger charge is 2.27. The van der Waals surface area contributed by atoms with Gasteiger partial charge in [0.15, 0.2) is 5.13 Å². The molecule has 1 heterocycles. The number of rotatable bonds is 2. The van der Waals surface area contributed by atoms with Crippen molar-refractivity contribution in [2.24, 2.45) is 0 Å². The number of nitrogens with zero attached hydrogens (tertiary/aromatic N) is 1. The molecule has 0 aliphatic rings. The summed E-state index contributed by atoms with van der Waals surface area (Å²) in [6.07, 6.45) is 1.62. The quantitative estimate of drug-likeness (QED) is 0.813. The summed E-state index contributed by atoms with van der Waals surface area (Å²) in [4.78, 5) is 4.70. The Labute approximate surface area is 92.2 Å². The topological polar surface area (TPSA) is 59.1 Å². The first-order valence-electron chi connectivity index (χ1n) is 4.60. The molecule has 0 bridgehead atoms. The molecule has 1 atom stereocenters. The van der Waals surface area contributed by atoms with E-state index in [-0.39, 0.29) is 0 Å². The Morgan fingerprint density at radius 2 is 2.00 bits per heavy atom. The van der Waals surface area contributed by atoms with Crippen molar-refractivity contribution in [1.82, 2.24) is 4.98 Å². The molecule has 3 N–H and O–H groups in total. The van der Waals surface area contributed by atoms with E-state index in [0.29, 0.717) is 5.13 Å². The minimum Gasteiger partial charge on any atom is -0.380 e. The van der Waals surface area contributed by atoms with Crippen molar-refractivity contribution in [2.45, 2.75) is 12.5 Å². The molecule has 1 unspecified atom stereocenters. The predicted molar refractivity (Wildman–Crippen MR) is 61.6 cm³/mol. The molecule has 15 heavy (non-hydrogen) atoms. The van der Waals surface area contributed by atoms with Gasteiger partial charge in [-0.25, -0.2) is 4.98 Å². The van der Waals surface area contributed by atoms with E-state index in [9.17, 15) is 5.11 Å². The fourth-order valence-electron chi connectivity index (χ4n) is 1.42. The van der Waals surface area contributed by atoms with Gasteiger partial charge in [0.05, 0.1) is 4.88 Å². The lowest BCUT2D eigenvalue weighted by molar-refractivity contribution is 0.106. The normalized spacial score (nSPS) is 14.8. The van der Waals surface area contributed by atoms with Crippen LogP contribution in [0.3, 0.4) is 0 Å². The zero-order valence-corrected chi connectivity index (χ0v) is 9.16. The SMILES string of the molecule is CC(O)(c1ccccc1)c1cnc(N)s1. The van der Waals surface area contributed by atoms with Crippen LogP contribution in [0.15, 0.2) is 36.5 Å². The highest BCUT2D eigenvalue weighted by molar-refractivity contribution is 7.15. The van der Waals surface area contributed by atoms with Gasteiger partial charge >= 0.3 is 0 Å². The number of nitrogen functional groups attached to an aromatic ring is 1. The van der Waals surface area contributed by atoms with Gasteiger partial charge in [-0.3, -0.25) is 0 Å². The van der Waals surface area contributed by atoms with Gasteiger partial charge in [0.2, 0.25) is 0 Å². The lowest BCUT2D eigenvalue weighted by Gasteiger charge is -2.21.